The summed E-state index contributed by atoms with van der Waals surface area (Å²) in [5, 5.41) is 0. The van der Waals surface area contributed by atoms with Crippen molar-refractivity contribution < 1.29 is 28.6 Å². The number of fused-ring (bicyclic) bond motifs is 5. The Morgan fingerprint density at radius 2 is 1.73 bits per heavy atom. The number of hydrogen-bond donors (Lipinski definition) is 0. The topological polar surface area (TPSA) is 78.9 Å². The van der Waals surface area contributed by atoms with Crippen LogP contribution in [0.15, 0.2) is 11.6 Å². The summed E-state index contributed by atoms with van der Waals surface area (Å²) in [6.45, 7) is 8.94. The van der Waals surface area contributed by atoms with Gasteiger partial charge in [0.25, 0.3) is 0 Å². The lowest BCUT2D eigenvalue weighted by molar-refractivity contribution is -0.147. The van der Waals surface area contributed by atoms with Crippen LogP contribution in [0.3, 0.4) is 0 Å². The van der Waals surface area contributed by atoms with Gasteiger partial charge in [-0.05, 0) is 87.4 Å². The van der Waals surface area contributed by atoms with Gasteiger partial charge < -0.3 is 14.2 Å². The van der Waals surface area contributed by atoms with Gasteiger partial charge in [0.15, 0.2) is 0 Å². The van der Waals surface area contributed by atoms with E-state index in [4.69, 9.17) is 14.2 Å². The molecule has 0 aromatic carbocycles. The Balaban J connectivity index is 1.47. The van der Waals surface area contributed by atoms with Gasteiger partial charge in [-0.15, -0.1) is 0 Å². The zero-order chi connectivity index (χ0) is 23.8. The second-order valence-electron chi connectivity index (χ2n) is 11.0. The Kier molecular flexibility index (Phi) is 6.93. The molecular weight excluding hydrogens is 420 g/mol. The summed E-state index contributed by atoms with van der Waals surface area (Å²) in [5.74, 6) is 1.38. The molecule has 4 aliphatic carbocycles. The molecule has 0 aliphatic heterocycles. The SMILES string of the molecule is CCOC(=O)CC(=O)C1CCC2C3CC=C4CC(OC(=O)OCC)CCC4(C)C3CCC12C. The number of rotatable bonds is 6. The van der Waals surface area contributed by atoms with Crippen molar-refractivity contribution in [3.8, 4) is 0 Å². The number of Topliss-reactive ketones (excluding diaryl/α,β-unsaturated/α-hetero) is 1. The van der Waals surface area contributed by atoms with E-state index in [9.17, 15) is 14.4 Å². The normalized spacial score (nSPS) is 39.4. The van der Waals surface area contributed by atoms with Crippen molar-refractivity contribution in [2.24, 2.45) is 34.5 Å². The van der Waals surface area contributed by atoms with E-state index in [-0.39, 0.29) is 41.0 Å². The highest BCUT2D eigenvalue weighted by Gasteiger charge is 2.60. The maximum atomic E-state index is 13.0. The van der Waals surface area contributed by atoms with Crippen molar-refractivity contribution in [1.82, 2.24) is 0 Å². The van der Waals surface area contributed by atoms with E-state index in [1.807, 2.05) is 0 Å². The minimum absolute atomic E-state index is 0.0172. The van der Waals surface area contributed by atoms with E-state index in [0.717, 1.165) is 51.4 Å². The molecule has 4 aliphatic rings. The molecule has 0 aromatic rings. The molecule has 3 fully saturated rings. The second kappa shape index (κ2) is 9.42. The Morgan fingerprint density at radius 3 is 2.45 bits per heavy atom. The molecule has 0 amide bonds. The maximum absolute atomic E-state index is 13.0. The van der Waals surface area contributed by atoms with Crippen molar-refractivity contribution >= 4 is 17.9 Å². The van der Waals surface area contributed by atoms with Gasteiger partial charge in [0.05, 0.1) is 13.2 Å². The molecule has 3 saturated carbocycles. The summed E-state index contributed by atoms with van der Waals surface area (Å²) >= 11 is 0. The smallest absolute Gasteiger partial charge is 0.466 e. The van der Waals surface area contributed by atoms with Gasteiger partial charge in [-0.3, -0.25) is 9.59 Å². The third-order valence-corrected chi connectivity index (χ3v) is 9.60. The average molecular weight is 461 g/mol. The van der Waals surface area contributed by atoms with Crippen LogP contribution in [-0.2, 0) is 23.8 Å². The number of ether oxygens (including phenoxy) is 3. The van der Waals surface area contributed by atoms with E-state index in [2.05, 4.69) is 19.9 Å². The zero-order valence-corrected chi connectivity index (χ0v) is 20.7. The summed E-state index contributed by atoms with van der Waals surface area (Å²) in [6, 6.07) is 0. The van der Waals surface area contributed by atoms with Gasteiger partial charge in [-0.1, -0.05) is 25.5 Å². The molecule has 7 atom stereocenters. The van der Waals surface area contributed by atoms with Gasteiger partial charge in [-0.25, -0.2) is 4.79 Å². The third-order valence-electron chi connectivity index (χ3n) is 9.60. The molecule has 7 unspecified atom stereocenters. The van der Waals surface area contributed by atoms with Crippen LogP contribution in [0, 0.1) is 34.5 Å². The number of carbonyl (C=O) groups excluding carboxylic acids is 3. The highest BCUT2D eigenvalue weighted by atomic mass is 16.7. The third kappa shape index (κ3) is 4.35. The van der Waals surface area contributed by atoms with Crippen molar-refractivity contribution in [2.75, 3.05) is 13.2 Å². The molecule has 0 radical (unpaired) electrons. The fraction of sp³-hybridized carbons (Fsp3) is 0.815. The highest BCUT2D eigenvalue weighted by molar-refractivity contribution is 5.97. The van der Waals surface area contributed by atoms with Gasteiger partial charge in [0, 0.05) is 12.3 Å². The molecule has 6 nitrogen and oxygen atoms in total. The summed E-state index contributed by atoms with van der Waals surface area (Å²) in [7, 11) is 0. The summed E-state index contributed by atoms with van der Waals surface area (Å²) in [4.78, 5) is 36.8. The van der Waals surface area contributed by atoms with Crippen LogP contribution in [0.2, 0.25) is 0 Å². The van der Waals surface area contributed by atoms with E-state index in [1.165, 1.54) is 5.57 Å². The first-order chi connectivity index (χ1) is 15.7. The van der Waals surface area contributed by atoms with Crippen LogP contribution >= 0.6 is 0 Å². The van der Waals surface area contributed by atoms with Gasteiger partial charge in [-0.2, -0.15) is 0 Å². The van der Waals surface area contributed by atoms with E-state index < -0.39 is 6.16 Å². The minimum Gasteiger partial charge on any atom is -0.466 e. The molecule has 0 saturated heterocycles. The van der Waals surface area contributed by atoms with E-state index in [0.29, 0.717) is 31.0 Å². The first-order valence-corrected chi connectivity index (χ1v) is 12.9. The Labute approximate surface area is 197 Å². The molecule has 0 spiro atoms. The van der Waals surface area contributed by atoms with Crippen molar-refractivity contribution in [3.05, 3.63) is 11.6 Å². The predicted octanol–water partition coefficient (Wildman–Crippen LogP) is 5.63. The summed E-state index contributed by atoms with van der Waals surface area (Å²) in [6.07, 6.45) is 9.57. The number of hydrogen-bond acceptors (Lipinski definition) is 6. The van der Waals surface area contributed by atoms with Crippen LogP contribution in [-0.4, -0.2) is 37.2 Å². The number of carbonyl (C=O) groups is 3. The Bertz CT molecular complexity index is 817. The van der Waals surface area contributed by atoms with E-state index in [1.54, 1.807) is 13.8 Å². The van der Waals surface area contributed by atoms with Crippen LogP contribution in [0.25, 0.3) is 0 Å². The Hall–Kier alpha value is -1.85. The maximum Gasteiger partial charge on any atom is 0.508 e. The minimum atomic E-state index is -0.557. The van der Waals surface area contributed by atoms with Crippen LogP contribution in [0.4, 0.5) is 4.79 Å². The first kappa shape index (κ1) is 24.3. The molecule has 0 aromatic heterocycles. The van der Waals surface area contributed by atoms with Crippen molar-refractivity contribution in [2.45, 2.75) is 91.6 Å². The van der Waals surface area contributed by atoms with Crippen LogP contribution in [0.5, 0.6) is 0 Å². The fourth-order valence-electron chi connectivity index (χ4n) is 8.02. The predicted molar refractivity (Wildman–Crippen MR) is 123 cm³/mol. The van der Waals surface area contributed by atoms with Crippen LogP contribution in [0.1, 0.15) is 85.5 Å². The highest BCUT2D eigenvalue weighted by Crippen LogP contribution is 2.66. The lowest BCUT2D eigenvalue weighted by atomic mass is 9.47. The lowest BCUT2D eigenvalue weighted by Crippen LogP contribution is -2.51. The average Bonchev–Trinajstić information content (AvgIpc) is 3.11. The number of ketones is 1. The van der Waals surface area contributed by atoms with Crippen molar-refractivity contribution in [3.63, 3.8) is 0 Å². The summed E-state index contributed by atoms with van der Waals surface area (Å²) < 4.78 is 15.6. The monoisotopic (exact) mass is 460 g/mol. The van der Waals surface area contributed by atoms with Crippen LogP contribution < -0.4 is 0 Å². The number of esters is 1. The number of allylic oxidation sites excluding steroid dienone is 1. The van der Waals surface area contributed by atoms with E-state index >= 15 is 0 Å². The second-order valence-corrected chi connectivity index (χ2v) is 11.0. The quantitative estimate of drug-likeness (QED) is 0.290. The molecule has 0 heterocycles. The molecule has 6 heteroatoms. The molecule has 0 bridgehead atoms. The molecule has 33 heavy (non-hydrogen) atoms. The largest absolute Gasteiger partial charge is 0.508 e. The fourth-order valence-corrected chi connectivity index (χ4v) is 8.02. The van der Waals surface area contributed by atoms with Gasteiger partial charge >= 0.3 is 12.1 Å². The Morgan fingerprint density at radius 1 is 0.970 bits per heavy atom. The molecular formula is C27H40O6. The first-order valence-electron chi connectivity index (χ1n) is 12.9. The zero-order valence-electron chi connectivity index (χ0n) is 20.7. The standard InChI is InChI=1S/C27H40O6/c1-5-31-24(29)16-23(28)22-10-9-20-19-8-7-17-15-18(33-25(30)32-6-2)11-13-26(17,3)21(19)12-14-27(20,22)4/h7,18-22H,5-6,8-16H2,1-4H3. The summed E-state index contributed by atoms with van der Waals surface area (Å²) in [5.41, 5.74) is 1.57. The molecule has 184 valence electrons. The van der Waals surface area contributed by atoms with Gasteiger partial charge in [0.2, 0.25) is 0 Å². The van der Waals surface area contributed by atoms with Gasteiger partial charge in [0.1, 0.15) is 18.3 Å². The van der Waals surface area contributed by atoms with Crippen molar-refractivity contribution in [1.29, 1.82) is 0 Å². The molecule has 0 N–H and O–H groups in total. The lowest BCUT2D eigenvalue weighted by Gasteiger charge is -2.58. The molecule has 4 rings (SSSR count).